The van der Waals surface area contributed by atoms with Gasteiger partial charge in [0.1, 0.15) is 5.54 Å². The van der Waals surface area contributed by atoms with E-state index >= 15 is 0 Å². The predicted molar refractivity (Wildman–Crippen MR) is 69.8 cm³/mol. The van der Waals surface area contributed by atoms with Gasteiger partial charge in [0.05, 0.1) is 0 Å². The summed E-state index contributed by atoms with van der Waals surface area (Å²) in [5, 5.41) is 2.73. The van der Waals surface area contributed by atoms with E-state index in [1.807, 2.05) is 0 Å². The summed E-state index contributed by atoms with van der Waals surface area (Å²) in [5.41, 5.74) is -0.841. The monoisotopic (exact) mass is 263 g/mol. The van der Waals surface area contributed by atoms with Gasteiger partial charge >= 0.3 is 0 Å². The fourth-order valence-electron chi connectivity index (χ4n) is 2.09. The van der Waals surface area contributed by atoms with E-state index in [1.54, 1.807) is 33.2 Å². The van der Waals surface area contributed by atoms with Gasteiger partial charge in [-0.15, -0.1) is 0 Å². The molecule has 0 aromatic carbocycles. The standard InChI is InChI=1S/C13H17N3O3/c1-13(2)12(19)14-5-7-16(13)11(18)9-4-6-15(3)10(17)8-9/h4,6,8H,5,7H2,1-3H3,(H,14,19). The Balaban J connectivity index is 2.35. The van der Waals surface area contributed by atoms with Crippen LogP contribution in [0.1, 0.15) is 24.2 Å². The molecule has 0 unspecified atom stereocenters. The van der Waals surface area contributed by atoms with E-state index in [0.29, 0.717) is 18.7 Å². The van der Waals surface area contributed by atoms with Crippen LogP contribution in [0.15, 0.2) is 23.1 Å². The van der Waals surface area contributed by atoms with Gasteiger partial charge in [-0.05, 0) is 19.9 Å². The lowest BCUT2D eigenvalue weighted by molar-refractivity contribution is -0.133. The zero-order chi connectivity index (χ0) is 14.2. The maximum Gasteiger partial charge on any atom is 0.255 e. The van der Waals surface area contributed by atoms with Crippen molar-refractivity contribution < 1.29 is 9.59 Å². The molecule has 6 nitrogen and oxygen atoms in total. The van der Waals surface area contributed by atoms with Gasteiger partial charge in [-0.25, -0.2) is 0 Å². The van der Waals surface area contributed by atoms with Crippen LogP contribution in [-0.2, 0) is 11.8 Å². The summed E-state index contributed by atoms with van der Waals surface area (Å²) in [4.78, 5) is 37.3. The van der Waals surface area contributed by atoms with Crippen molar-refractivity contribution in [3.8, 4) is 0 Å². The zero-order valence-electron chi connectivity index (χ0n) is 11.3. The Morgan fingerprint density at radius 2 is 2.05 bits per heavy atom. The average Bonchev–Trinajstić information content (AvgIpc) is 2.35. The fraction of sp³-hybridized carbons (Fsp3) is 0.462. The van der Waals surface area contributed by atoms with E-state index < -0.39 is 5.54 Å². The summed E-state index contributed by atoms with van der Waals surface area (Å²) in [5.74, 6) is -0.478. The van der Waals surface area contributed by atoms with Crippen LogP contribution in [0.2, 0.25) is 0 Å². The maximum absolute atomic E-state index is 12.4. The highest BCUT2D eigenvalue weighted by Gasteiger charge is 2.40. The number of pyridine rings is 1. The van der Waals surface area contributed by atoms with Crippen molar-refractivity contribution in [1.82, 2.24) is 14.8 Å². The minimum atomic E-state index is -0.906. The van der Waals surface area contributed by atoms with E-state index in [0.717, 1.165) is 0 Å². The van der Waals surface area contributed by atoms with E-state index in [1.165, 1.54) is 15.5 Å². The van der Waals surface area contributed by atoms with E-state index in [2.05, 4.69) is 5.32 Å². The third kappa shape index (κ3) is 2.25. The van der Waals surface area contributed by atoms with E-state index in [9.17, 15) is 14.4 Å². The Hall–Kier alpha value is -2.11. The summed E-state index contributed by atoms with van der Waals surface area (Å²) < 4.78 is 1.39. The van der Waals surface area contributed by atoms with E-state index in [-0.39, 0.29) is 17.4 Å². The summed E-state index contributed by atoms with van der Waals surface area (Å²) >= 11 is 0. The first-order valence-electron chi connectivity index (χ1n) is 6.11. The summed E-state index contributed by atoms with van der Waals surface area (Å²) in [6, 6.07) is 2.89. The highest BCUT2D eigenvalue weighted by molar-refractivity contribution is 5.99. The van der Waals surface area contributed by atoms with Gasteiger partial charge in [-0.3, -0.25) is 14.4 Å². The lowest BCUT2D eigenvalue weighted by atomic mass is 9.98. The van der Waals surface area contributed by atoms with Crippen LogP contribution in [0.5, 0.6) is 0 Å². The third-order valence-electron chi connectivity index (χ3n) is 3.45. The molecule has 1 saturated heterocycles. The molecule has 0 aliphatic carbocycles. The first-order valence-corrected chi connectivity index (χ1v) is 6.11. The number of hydrogen-bond acceptors (Lipinski definition) is 3. The Kier molecular flexibility index (Phi) is 3.18. The van der Waals surface area contributed by atoms with Gasteiger partial charge in [0.25, 0.3) is 11.5 Å². The zero-order valence-corrected chi connectivity index (χ0v) is 11.3. The van der Waals surface area contributed by atoms with Crippen LogP contribution in [-0.4, -0.2) is 39.9 Å². The van der Waals surface area contributed by atoms with Crippen molar-refractivity contribution in [3.05, 3.63) is 34.2 Å². The molecule has 19 heavy (non-hydrogen) atoms. The van der Waals surface area contributed by atoms with Crippen LogP contribution < -0.4 is 10.9 Å². The molecule has 0 radical (unpaired) electrons. The van der Waals surface area contributed by atoms with Crippen LogP contribution in [0.25, 0.3) is 0 Å². The van der Waals surface area contributed by atoms with Crippen molar-refractivity contribution in [2.45, 2.75) is 19.4 Å². The molecule has 1 aliphatic rings. The normalized spacial score (nSPS) is 18.1. The number of aromatic nitrogens is 1. The molecule has 102 valence electrons. The first kappa shape index (κ1) is 13.3. The highest BCUT2D eigenvalue weighted by atomic mass is 16.2. The van der Waals surface area contributed by atoms with Gasteiger partial charge in [0.15, 0.2) is 0 Å². The van der Waals surface area contributed by atoms with Gasteiger partial charge in [-0.2, -0.15) is 0 Å². The topological polar surface area (TPSA) is 71.4 Å². The lowest BCUT2D eigenvalue weighted by Crippen LogP contribution is -2.63. The number of carbonyl (C=O) groups excluding carboxylic acids is 2. The molecule has 1 N–H and O–H groups in total. The van der Waals surface area contributed by atoms with Gasteiger partial charge < -0.3 is 14.8 Å². The molecule has 1 aromatic rings. The molecule has 1 fully saturated rings. The second-order valence-electron chi connectivity index (χ2n) is 5.14. The molecule has 1 aromatic heterocycles. The highest BCUT2D eigenvalue weighted by Crippen LogP contribution is 2.20. The molecule has 6 heteroatoms. The number of hydrogen-bond donors (Lipinski definition) is 1. The molecular formula is C13H17N3O3. The second kappa shape index (κ2) is 4.53. The third-order valence-corrected chi connectivity index (χ3v) is 3.45. The second-order valence-corrected chi connectivity index (χ2v) is 5.14. The Bertz CT molecular complexity index is 589. The van der Waals surface area contributed by atoms with Gasteiger partial charge in [0, 0.05) is 38.0 Å². The molecule has 1 aliphatic heterocycles. The Labute approximate surface area is 111 Å². The Morgan fingerprint density at radius 1 is 1.37 bits per heavy atom. The minimum Gasteiger partial charge on any atom is -0.352 e. The quantitative estimate of drug-likeness (QED) is 0.758. The summed E-state index contributed by atoms with van der Waals surface area (Å²) in [6.45, 7) is 4.26. The van der Waals surface area contributed by atoms with Crippen LogP contribution in [0.4, 0.5) is 0 Å². The molecule has 2 heterocycles. The van der Waals surface area contributed by atoms with Crippen LogP contribution in [0.3, 0.4) is 0 Å². The smallest absolute Gasteiger partial charge is 0.255 e. The largest absolute Gasteiger partial charge is 0.352 e. The SMILES string of the molecule is Cn1ccc(C(=O)N2CCNC(=O)C2(C)C)cc1=O. The Morgan fingerprint density at radius 3 is 2.68 bits per heavy atom. The molecule has 0 spiro atoms. The summed E-state index contributed by atoms with van der Waals surface area (Å²) in [7, 11) is 1.62. The number of piperazine rings is 1. The average molecular weight is 263 g/mol. The number of nitrogens with zero attached hydrogens (tertiary/aromatic N) is 2. The number of rotatable bonds is 1. The van der Waals surface area contributed by atoms with Crippen molar-refractivity contribution in [2.75, 3.05) is 13.1 Å². The van der Waals surface area contributed by atoms with Gasteiger partial charge in [-0.1, -0.05) is 0 Å². The van der Waals surface area contributed by atoms with Crippen molar-refractivity contribution in [1.29, 1.82) is 0 Å². The van der Waals surface area contributed by atoms with Crippen LogP contribution in [0, 0.1) is 0 Å². The molecule has 2 rings (SSSR count). The van der Waals surface area contributed by atoms with Crippen LogP contribution >= 0.6 is 0 Å². The van der Waals surface area contributed by atoms with Crippen molar-refractivity contribution in [2.24, 2.45) is 7.05 Å². The van der Waals surface area contributed by atoms with E-state index in [4.69, 9.17) is 0 Å². The molecule has 0 bridgehead atoms. The van der Waals surface area contributed by atoms with Gasteiger partial charge in [0.2, 0.25) is 5.91 Å². The minimum absolute atomic E-state index is 0.184. The number of nitrogens with one attached hydrogen (secondary N) is 1. The molecule has 0 atom stereocenters. The summed E-state index contributed by atoms with van der Waals surface area (Å²) in [6.07, 6.45) is 1.55. The fourth-order valence-corrected chi connectivity index (χ4v) is 2.09. The molecule has 2 amide bonds. The van der Waals surface area contributed by atoms with Crippen molar-refractivity contribution in [3.63, 3.8) is 0 Å². The number of aryl methyl sites for hydroxylation is 1. The molecular weight excluding hydrogens is 246 g/mol. The first-order chi connectivity index (χ1) is 8.84. The number of amides is 2. The predicted octanol–water partition coefficient (Wildman–Crippen LogP) is -0.264. The van der Waals surface area contributed by atoms with Crippen molar-refractivity contribution >= 4 is 11.8 Å². The molecule has 0 saturated carbocycles. The number of carbonyl (C=O) groups is 2. The lowest BCUT2D eigenvalue weighted by Gasteiger charge is -2.41. The maximum atomic E-state index is 12.4.